The number of hydrogen-bond donors (Lipinski definition) is 0. The second-order valence-corrected chi connectivity index (χ2v) is 8.17. The minimum atomic E-state index is -0.273. The van der Waals surface area contributed by atoms with Gasteiger partial charge in [-0.25, -0.2) is 23.5 Å². The second-order valence-electron chi connectivity index (χ2n) is 8.17. The van der Waals surface area contributed by atoms with Crippen LogP contribution >= 0.6 is 0 Å². The van der Waals surface area contributed by atoms with Gasteiger partial charge in [0.25, 0.3) is 0 Å². The van der Waals surface area contributed by atoms with Crippen molar-refractivity contribution in [3.8, 4) is 5.69 Å². The molecule has 8 rings (SSSR count). The van der Waals surface area contributed by atoms with Crippen molar-refractivity contribution in [1.29, 1.82) is 0 Å². The quantitative estimate of drug-likeness (QED) is 0.824. The first-order valence-electron chi connectivity index (χ1n) is 8.75. The third-order valence-corrected chi connectivity index (χ3v) is 7.70. The van der Waals surface area contributed by atoms with Gasteiger partial charge in [0.15, 0.2) is 0 Å². The van der Waals surface area contributed by atoms with Crippen molar-refractivity contribution in [3.05, 3.63) is 51.3 Å². The van der Waals surface area contributed by atoms with Crippen LogP contribution in [0.25, 0.3) is 5.69 Å². The molecule has 24 heavy (non-hydrogen) atoms. The van der Waals surface area contributed by atoms with E-state index >= 15 is 0 Å². The third-order valence-electron chi connectivity index (χ3n) is 7.70. The Morgan fingerprint density at radius 1 is 1.00 bits per heavy atom. The maximum Gasteiger partial charge on any atom is 0.352 e. The second kappa shape index (κ2) is 3.33. The van der Waals surface area contributed by atoms with Gasteiger partial charge in [-0.2, -0.15) is 0 Å². The largest absolute Gasteiger partial charge is 0.382 e. The number of ether oxygens (including phenoxy) is 1. The molecule has 0 radical (unpaired) electrons. The highest BCUT2D eigenvalue weighted by Crippen LogP contribution is 2.93. The topological polar surface area (TPSA) is 58.2 Å². The number of aromatic nitrogens is 3. The van der Waals surface area contributed by atoms with Crippen molar-refractivity contribution in [2.75, 3.05) is 13.7 Å². The van der Waals surface area contributed by atoms with Gasteiger partial charge in [0.05, 0.1) is 23.9 Å². The summed E-state index contributed by atoms with van der Waals surface area (Å²) >= 11 is 0. The van der Waals surface area contributed by atoms with Crippen LogP contribution in [0.15, 0.2) is 39.9 Å². The smallest absolute Gasteiger partial charge is 0.352 e. The predicted molar refractivity (Wildman–Crippen MR) is 84.1 cm³/mol. The molecule has 3 heterocycles. The van der Waals surface area contributed by atoms with E-state index < -0.39 is 0 Å². The monoisotopic (exact) mass is 323 g/mol. The van der Waals surface area contributed by atoms with Gasteiger partial charge in [0.2, 0.25) is 0 Å². The zero-order valence-electron chi connectivity index (χ0n) is 13.2. The lowest BCUT2D eigenvalue weighted by atomic mass is 9.77. The first kappa shape index (κ1) is 12.3. The van der Waals surface area contributed by atoms with E-state index in [1.165, 1.54) is 4.57 Å². The Labute approximate surface area is 137 Å². The van der Waals surface area contributed by atoms with Crippen LogP contribution in [0, 0.1) is 35.5 Å². The van der Waals surface area contributed by atoms with Gasteiger partial charge in [0, 0.05) is 7.11 Å². The Bertz CT molecular complexity index is 1010. The van der Waals surface area contributed by atoms with Crippen LogP contribution in [0.2, 0.25) is 0 Å². The Morgan fingerprint density at radius 3 is 2.29 bits per heavy atom. The number of methoxy groups -OCH3 is 1. The maximum absolute atomic E-state index is 13.3. The number of nitrogens with zero attached hydrogens (tertiary/aromatic N) is 3. The highest BCUT2D eigenvalue weighted by atomic mass is 16.5. The Balaban J connectivity index is 1.58. The SMILES string of the molecule is COCC12[C@@H]3[C@@H]4C([C@H]5[C@H]([C@H]43)[C@H]51)n1c(=O)n(-c3ccccc3)c(=O)n12. The molecule has 6 nitrogen and oxygen atoms in total. The molecule has 4 saturated carbocycles. The van der Waals surface area contributed by atoms with E-state index in [0.717, 1.165) is 11.8 Å². The molecule has 2 unspecified atom stereocenters. The van der Waals surface area contributed by atoms with E-state index in [0.29, 0.717) is 36.0 Å². The summed E-state index contributed by atoms with van der Waals surface area (Å²) in [6.45, 7) is 0.549. The molecule has 122 valence electrons. The number of rotatable bonds is 3. The van der Waals surface area contributed by atoms with Crippen LogP contribution in [-0.4, -0.2) is 27.6 Å². The standard InChI is InChI=1S/C18H17N3O3/c1-24-7-18-13-9-10-12(14(10)18)15(11(9)13)20-16(22)19(17(23)21(18)20)8-5-3-2-4-6-8/h2-6,9-15H,7H2,1H3/t9-,10+,11-,12+,13+,14-,15?,18?. The molecular formula is C18H17N3O3. The maximum atomic E-state index is 13.3. The number of para-hydroxylation sites is 1. The molecule has 6 heteroatoms. The highest BCUT2D eigenvalue weighted by molar-refractivity contribution is 5.42. The van der Waals surface area contributed by atoms with Crippen LogP contribution in [0.3, 0.4) is 0 Å². The first-order chi connectivity index (χ1) is 11.7. The molecular weight excluding hydrogens is 306 g/mol. The van der Waals surface area contributed by atoms with Gasteiger partial charge in [-0.1, -0.05) is 18.2 Å². The van der Waals surface area contributed by atoms with Gasteiger partial charge in [-0.05, 0) is 47.6 Å². The molecule has 0 spiro atoms. The minimum absolute atomic E-state index is 0.174. The van der Waals surface area contributed by atoms with E-state index in [-0.39, 0.29) is 23.0 Å². The summed E-state index contributed by atoms with van der Waals surface area (Å²) in [5.74, 6) is 3.76. The average Bonchev–Trinajstić information content (AvgIpc) is 3.42. The molecule has 2 aliphatic heterocycles. The van der Waals surface area contributed by atoms with Gasteiger partial charge >= 0.3 is 11.4 Å². The van der Waals surface area contributed by atoms with Crippen molar-refractivity contribution in [3.63, 3.8) is 0 Å². The van der Waals surface area contributed by atoms with E-state index in [2.05, 4.69) is 0 Å². The zero-order valence-corrected chi connectivity index (χ0v) is 13.2. The number of hydrogen-bond acceptors (Lipinski definition) is 3. The van der Waals surface area contributed by atoms with E-state index in [1.807, 2.05) is 39.7 Å². The summed E-state index contributed by atoms with van der Waals surface area (Å²) < 4.78 is 10.6. The Morgan fingerprint density at radius 2 is 1.67 bits per heavy atom. The fourth-order valence-electron chi connectivity index (χ4n) is 7.39. The Hall–Kier alpha value is -2.08. The normalized spacial score (nSPS) is 47.0. The van der Waals surface area contributed by atoms with E-state index in [4.69, 9.17) is 4.74 Å². The molecule has 1 aromatic heterocycles. The van der Waals surface area contributed by atoms with E-state index in [9.17, 15) is 9.59 Å². The highest BCUT2D eigenvalue weighted by Gasteiger charge is 2.95. The fraction of sp³-hybridized carbons (Fsp3) is 0.556. The van der Waals surface area contributed by atoms with Gasteiger partial charge in [-0.15, -0.1) is 0 Å². The molecule has 0 saturated heterocycles. The summed E-state index contributed by atoms with van der Waals surface area (Å²) in [5.41, 5.74) is 0.0171. The number of benzene rings is 1. The molecule has 0 amide bonds. The molecule has 2 aromatic rings. The molecule has 0 N–H and O–H groups in total. The lowest BCUT2D eigenvalue weighted by Gasteiger charge is -2.46. The van der Waals surface area contributed by atoms with Crippen LogP contribution in [0.1, 0.15) is 6.04 Å². The summed E-state index contributed by atoms with van der Waals surface area (Å²) in [7, 11) is 1.71. The summed E-state index contributed by atoms with van der Waals surface area (Å²) in [5, 5.41) is 0. The van der Waals surface area contributed by atoms with E-state index in [1.54, 1.807) is 7.11 Å². The molecule has 4 aliphatic carbocycles. The van der Waals surface area contributed by atoms with Crippen molar-refractivity contribution in [2.24, 2.45) is 35.5 Å². The van der Waals surface area contributed by atoms with Crippen LogP contribution in [0.4, 0.5) is 0 Å². The van der Waals surface area contributed by atoms with Crippen LogP contribution in [0.5, 0.6) is 0 Å². The summed E-state index contributed by atoms with van der Waals surface area (Å²) in [4.78, 5) is 26.5. The Kier molecular flexibility index (Phi) is 1.71. The fourth-order valence-corrected chi connectivity index (χ4v) is 7.39. The van der Waals surface area contributed by atoms with Crippen molar-refractivity contribution >= 4 is 0 Å². The van der Waals surface area contributed by atoms with Gasteiger partial charge in [-0.3, -0.25) is 0 Å². The molecule has 1 aromatic carbocycles. The van der Waals surface area contributed by atoms with Crippen LogP contribution in [-0.2, 0) is 10.3 Å². The molecule has 6 aliphatic rings. The van der Waals surface area contributed by atoms with Crippen LogP contribution < -0.4 is 11.4 Å². The summed E-state index contributed by atoms with van der Waals surface area (Å²) in [6.07, 6.45) is 0. The van der Waals surface area contributed by atoms with Crippen molar-refractivity contribution in [1.82, 2.24) is 13.9 Å². The predicted octanol–water partition coefficient (Wildman–Crippen LogP) is 0.449. The molecule has 4 fully saturated rings. The van der Waals surface area contributed by atoms with Crippen molar-refractivity contribution < 1.29 is 4.74 Å². The van der Waals surface area contributed by atoms with Gasteiger partial charge in [0.1, 0.15) is 0 Å². The lowest BCUT2D eigenvalue weighted by molar-refractivity contribution is -0.0381. The average molecular weight is 323 g/mol. The van der Waals surface area contributed by atoms with Crippen molar-refractivity contribution in [2.45, 2.75) is 11.6 Å². The summed E-state index contributed by atoms with van der Waals surface area (Å²) in [6, 6.07) is 9.52. The minimum Gasteiger partial charge on any atom is -0.382 e. The molecule has 8 atom stereocenters. The lowest BCUT2D eigenvalue weighted by Crippen LogP contribution is -2.59. The first-order valence-corrected chi connectivity index (χ1v) is 8.75. The molecule has 2 bridgehead atoms. The zero-order chi connectivity index (χ0) is 16.0. The third kappa shape index (κ3) is 0.922. The van der Waals surface area contributed by atoms with Gasteiger partial charge < -0.3 is 4.74 Å².